The third-order valence-electron chi connectivity index (χ3n) is 2.97. The lowest BCUT2D eigenvalue weighted by molar-refractivity contribution is 0.101. The van der Waals surface area contributed by atoms with Crippen molar-refractivity contribution in [2.24, 2.45) is 0 Å². The minimum atomic E-state index is -0.338. The molecule has 0 spiro atoms. The maximum atomic E-state index is 12.4. The molecule has 3 rings (SSSR count). The van der Waals surface area contributed by atoms with Gasteiger partial charge in [0.25, 0.3) is 11.5 Å². The molecule has 0 radical (unpaired) electrons. The third kappa shape index (κ3) is 2.70. The first-order chi connectivity index (χ1) is 10.1. The summed E-state index contributed by atoms with van der Waals surface area (Å²) in [5.74, 6) is 0.115. The SMILES string of the molecule is Cc1nc2sccc2c(=O)n1NC(=O)c1cccc(I)c1. The van der Waals surface area contributed by atoms with Gasteiger partial charge in [-0.25, -0.2) is 9.66 Å². The Labute approximate surface area is 137 Å². The van der Waals surface area contributed by atoms with Crippen LogP contribution in [0.4, 0.5) is 0 Å². The Morgan fingerprint density at radius 3 is 2.95 bits per heavy atom. The molecule has 0 atom stereocenters. The second kappa shape index (κ2) is 5.57. The van der Waals surface area contributed by atoms with E-state index in [0.29, 0.717) is 21.6 Å². The van der Waals surface area contributed by atoms with Crippen LogP contribution in [0.5, 0.6) is 0 Å². The summed E-state index contributed by atoms with van der Waals surface area (Å²) in [5.41, 5.74) is 2.84. The fraction of sp³-hybridized carbons (Fsp3) is 0.0714. The molecule has 1 aromatic carbocycles. The molecule has 2 aromatic heterocycles. The van der Waals surface area contributed by atoms with E-state index in [-0.39, 0.29) is 11.5 Å². The molecule has 21 heavy (non-hydrogen) atoms. The number of nitrogens with one attached hydrogen (secondary N) is 1. The number of carbonyl (C=O) groups is 1. The molecule has 5 nitrogen and oxygen atoms in total. The number of rotatable bonds is 2. The number of benzene rings is 1. The summed E-state index contributed by atoms with van der Waals surface area (Å²) in [7, 11) is 0. The summed E-state index contributed by atoms with van der Waals surface area (Å²) in [5, 5.41) is 2.32. The molecular formula is C14H10IN3O2S. The van der Waals surface area contributed by atoms with Crippen molar-refractivity contribution in [3.63, 3.8) is 0 Å². The van der Waals surface area contributed by atoms with E-state index in [9.17, 15) is 9.59 Å². The van der Waals surface area contributed by atoms with E-state index in [1.165, 1.54) is 16.0 Å². The molecular weight excluding hydrogens is 401 g/mol. The predicted molar refractivity (Wildman–Crippen MR) is 91.5 cm³/mol. The first-order valence-electron chi connectivity index (χ1n) is 6.10. The number of carbonyl (C=O) groups excluding carboxylic acids is 1. The van der Waals surface area contributed by atoms with Crippen molar-refractivity contribution in [2.75, 3.05) is 5.43 Å². The van der Waals surface area contributed by atoms with Crippen LogP contribution in [-0.2, 0) is 0 Å². The van der Waals surface area contributed by atoms with Gasteiger partial charge >= 0.3 is 0 Å². The minimum absolute atomic E-state index is 0.266. The number of amides is 1. The molecule has 0 bridgehead atoms. The molecule has 0 unspecified atom stereocenters. The highest BCUT2D eigenvalue weighted by Crippen LogP contribution is 2.14. The summed E-state index contributed by atoms with van der Waals surface area (Å²) in [6.07, 6.45) is 0. The van der Waals surface area contributed by atoms with Gasteiger partial charge in [0.15, 0.2) is 0 Å². The van der Waals surface area contributed by atoms with Gasteiger partial charge in [-0.05, 0) is 59.2 Å². The smallest absolute Gasteiger partial charge is 0.267 e. The predicted octanol–water partition coefficient (Wildman–Crippen LogP) is 2.75. The maximum Gasteiger partial charge on any atom is 0.281 e. The monoisotopic (exact) mass is 411 g/mol. The Bertz CT molecular complexity index is 901. The fourth-order valence-electron chi connectivity index (χ4n) is 1.94. The second-order valence-corrected chi connectivity index (χ2v) is 6.53. The van der Waals surface area contributed by atoms with Crippen molar-refractivity contribution >= 4 is 50.1 Å². The van der Waals surface area contributed by atoms with Crippen molar-refractivity contribution < 1.29 is 4.79 Å². The van der Waals surface area contributed by atoms with Gasteiger partial charge in [0, 0.05) is 9.13 Å². The number of hydrogen-bond acceptors (Lipinski definition) is 4. The van der Waals surface area contributed by atoms with E-state index in [0.717, 1.165) is 3.57 Å². The zero-order valence-electron chi connectivity index (χ0n) is 11.0. The number of nitrogens with zero attached hydrogens (tertiary/aromatic N) is 2. The number of fused-ring (bicyclic) bond motifs is 1. The van der Waals surface area contributed by atoms with E-state index in [4.69, 9.17) is 0 Å². The minimum Gasteiger partial charge on any atom is -0.267 e. The Hall–Kier alpha value is -1.74. The number of hydrogen-bond donors (Lipinski definition) is 1. The van der Waals surface area contributed by atoms with Crippen molar-refractivity contribution in [3.05, 3.63) is 61.0 Å². The molecule has 7 heteroatoms. The number of aryl methyl sites for hydroxylation is 1. The van der Waals surface area contributed by atoms with Gasteiger partial charge in [-0.3, -0.25) is 15.0 Å². The largest absolute Gasteiger partial charge is 0.281 e. The Morgan fingerprint density at radius 2 is 2.19 bits per heavy atom. The zero-order valence-corrected chi connectivity index (χ0v) is 13.9. The molecule has 0 saturated carbocycles. The maximum absolute atomic E-state index is 12.4. The Kier molecular flexibility index (Phi) is 3.77. The molecule has 1 amide bonds. The summed E-state index contributed by atoms with van der Waals surface area (Å²) in [6, 6.07) is 8.87. The van der Waals surface area contributed by atoms with Crippen molar-refractivity contribution in [2.45, 2.75) is 6.92 Å². The fourth-order valence-corrected chi connectivity index (χ4v) is 3.29. The lowest BCUT2D eigenvalue weighted by atomic mass is 10.2. The van der Waals surface area contributed by atoms with E-state index in [1.54, 1.807) is 31.2 Å². The molecule has 0 aliphatic heterocycles. The van der Waals surface area contributed by atoms with Crippen LogP contribution in [0.15, 0.2) is 40.5 Å². The van der Waals surface area contributed by atoms with Gasteiger partial charge in [-0.2, -0.15) is 0 Å². The zero-order chi connectivity index (χ0) is 15.0. The average molecular weight is 411 g/mol. The highest BCUT2D eigenvalue weighted by molar-refractivity contribution is 14.1. The average Bonchev–Trinajstić information content (AvgIpc) is 2.91. The summed E-state index contributed by atoms with van der Waals surface area (Å²) in [6.45, 7) is 1.69. The highest BCUT2D eigenvalue weighted by Gasteiger charge is 2.12. The molecule has 0 aliphatic rings. The van der Waals surface area contributed by atoms with Crippen LogP contribution in [0.1, 0.15) is 16.2 Å². The van der Waals surface area contributed by atoms with Crippen LogP contribution in [0, 0.1) is 10.5 Å². The molecule has 2 heterocycles. The van der Waals surface area contributed by atoms with E-state index >= 15 is 0 Å². The van der Waals surface area contributed by atoms with E-state index in [2.05, 4.69) is 33.0 Å². The van der Waals surface area contributed by atoms with Gasteiger partial charge in [-0.1, -0.05) is 6.07 Å². The van der Waals surface area contributed by atoms with Crippen LogP contribution in [-0.4, -0.2) is 15.6 Å². The topological polar surface area (TPSA) is 64.0 Å². The number of halogens is 1. The summed E-state index contributed by atoms with van der Waals surface area (Å²) in [4.78, 5) is 29.6. The first kappa shape index (κ1) is 14.2. The first-order valence-corrected chi connectivity index (χ1v) is 8.06. The van der Waals surface area contributed by atoms with Gasteiger partial charge in [0.2, 0.25) is 0 Å². The summed E-state index contributed by atoms with van der Waals surface area (Å²) < 4.78 is 2.15. The van der Waals surface area contributed by atoms with Crippen LogP contribution < -0.4 is 11.0 Å². The van der Waals surface area contributed by atoms with Crippen molar-refractivity contribution in [1.82, 2.24) is 9.66 Å². The van der Waals surface area contributed by atoms with Crippen LogP contribution >= 0.6 is 33.9 Å². The standard InChI is InChI=1S/C14H10IN3O2S/c1-8-16-13-11(5-6-21-13)14(20)18(8)17-12(19)9-3-2-4-10(15)7-9/h2-7H,1H3,(H,17,19). The van der Waals surface area contributed by atoms with Crippen LogP contribution in [0.25, 0.3) is 10.2 Å². The molecule has 3 aromatic rings. The Morgan fingerprint density at radius 1 is 1.38 bits per heavy atom. The number of thiophene rings is 1. The summed E-state index contributed by atoms with van der Waals surface area (Å²) >= 11 is 3.54. The molecule has 0 saturated heterocycles. The van der Waals surface area contributed by atoms with Crippen molar-refractivity contribution in [3.8, 4) is 0 Å². The second-order valence-electron chi connectivity index (χ2n) is 4.39. The van der Waals surface area contributed by atoms with Crippen LogP contribution in [0.2, 0.25) is 0 Å². The third-order valence-corrected chi connectivity index (χ3v) is 4.44. The van der Waals surface area contributed by atoms with Gasteiger partial charge in [0.05, 0.1) is 5.39 Å². The van der Waals surface area contributed by atoms with Gasteiger partial charge in [-0.15, -0.1) is 11.3 Å². The quantitative estimate of drug-likeness (QED) is 0.660. The highest BCUT2D eigenvalue weighted by atomic mass is 127. The molecule has 1 N–H and O–H groups in total. The normalized spacial score (nSPS) is 10.8. The van der Waals surface area contributed by atoms with Gasteiger partial charge in [0.1, 0.15) is 10.7 Å². The van der Waals surface area contributed by atoms with Crippen molar-refractivity contribution in [1.29, 1.82) is 0 Å². The lowest BCUT2D eigenvalue weighted by Gasteiger charge is -2.11. The van der Waals surface area contributed by atoms with Crippen LogP contribution in [0.3, 0.4) is 0 Å². The molecule has 106 valence electrons. The molecule has 0 fully saturated rings. The molecule has 0 aliphatic carbocycles. The van der Waals surface area contributed by atoms with E-state index in [1.807, 2.05) is 11.4 Å². The Balaban J connectivity index is 2.02. The van der Waals surface area contributed by atoms with E-state index < -0.39 is 0 Å². The van der Waals surface area contributed by atoms with Gasteiger partial charge < -0.3 is 0 Å². The number of aromatic nitrogens is 2. The lowest BCUT2D eigenvalue weighted by Crippen LogP contribution is -2.35.